The Morgan fingerprint density at radius 1 is 1.50 bits per heavy atom. The van der Waals surface area contributed by atoms with Gasteiger partial charge in [-0.25, -0.2) is 4.39 Å². The Bertz CT molecular complexity index is 424. The Hall–Kier alpha value is -1.98. The molecule has 1 rings (SSSR count). The molecule has 0 saturated carbocycles. The van der Waals surface area contributed by atoms with Crippen LogP contribution in [-0.4, -0.2) is 26.2 Å². The quantitative estimate of drug-likeness (QED) is 0.599. The van der Waals surface area contributed by atoms with E-state index in [0.717, 1.165) is 0 Å². The third-order valence-electron chi connectivity index (χ3n) is 2.27. The maximum absolute atomic E-state index is 13.3. The van der Waals surface area contributed by atoms with Crippen LogP contribution in [0.15, 0.2) is 12.1 Å². The lowest BCUT2D eigenvalue weighted by Gasteiger charge is -2.11. The van der Waals surface area contributed by atoms with Gasteiger partial charge in [-0.15, -0.1) is 0 Å². The first-order valence-corrected chi connectivity index (χ1v) is 5.61. The standard InChI is InChI=1S/C12H17FN2O3/c1-3-18-12(16)4-5-15-10-7-11(17-2)8(13)6-9(10)14/h6-7,15H,3-5,14H2,1-2H3. The SMILES string of the molecule is CCOC(=O)CCNc1cc(OC)c(F)cc1N. The predicted molar refractivity (Wildman–Crippen MR) is 67.1 cm³/mol. The lowest BCUT2D eigenvalue weighted by atomic mass is 10.2. The minimum absolute atomic E-state index is 0.0998. The van der Waals surface area contributed by atoms with Gasteiger partial charge in [0.25, 0.3) is 0 Å². The second kappa shape index (κ2) is 6.68. The maximum Gasteiger partial charge on any atom is 0.307 e. The molecule has 0 aliphatic rings. The number of rotatable bonds is 6. The smallest absolute Gasteiger partial charge is 0.307 e. The number of nitrogens with two attached hydrogens (primary N) is 1. The Morgan fingerprint density at radius 2 is 2.22 bits per heavy atom. The number of anilines is 2. The zero-order valence-corrected chi connectivity index (χ0v) is 10.5. The molecular weight excluding hydrogens is 239 g/mol. The highest BCUT2D eigenvalue weighted by atomic mass is 19.1. The number of hydrogen-bond donors (Lipinski definition) is 2. The molecule has 0 amide bonds. The number of carbonyl (C=O) groups excluding carboxylic acids is 1. The van der Waals surface area contributed by atoms with Gasteiger partial charge < -0.3 is 20.5 Å². The molecule has 100 valence electrons. The van der Waals surface area contributed by atoms with Crippen LogP contribution in [0.1, 0.15) is 13.3 Å². The van der Waals surface area contributed by atoms with Gasteiger partial charge in [-0.05, 0) is 6.92 Å². The summed E-state index contributed by atoms with van der Waals surface area (Å²) in [5, 5.41) is 2.93. The van der Waals surface area contributed by atoms with Gasteiger partial charge >= 0.3 is 5.97 Å². The number of methoxy groups -OCH3 is 1. The van der Waals surface area contributed by atoms with E-state index in [-0.39, 0.29) is 23.8 Å². The van der Waals surface area contributed by atoms with Crippen molar-refractivity contribution in [3.8, 4) is 5.75 Å². The van der Waals surface area contributed by atoms with E-state index < -0.39 is 5.82 Å². The van der Waals surface area contributed by atoms with Crippen molar-refractivity contribution in [1.82, 2.24) is 0 Å². The molecule has 1 aromatic rings. The van der Waals surface area contributed by atoms with Crippen molar-refractivity contribution in [2.75, 3.05) is 31.3 Å². The first kappa shape index (κ1) is 14.1. The van der Waals surface area contributed by atoms with Crippen LogP contribution in [0.3, 0.4) is 0 Å². The first-order chi connectivity index (χ1) is 8.58. The molecule has 6 heteroatoms. The van der Waals surface area contributed by atoms with Gasteiger partial charge in [0.15, 0.2) is 11.6 Å². The summed E-state index contributed by atoms with van der Waals surface area (Å²) >= 11 is 0. The minimum Gasteiger partial charge on any atom is -0.494 e. The first-order valence-electron chi connectivity index (χ1n) is 5.61. The van der Waals surface area contributed by atoms with Crippen LogP contribution in [0.4, 0.5) is 15.8 Å². The number of hydrogen-bond acceptors (Lipinski definition) is 5. The third kappa shape index (κ3) is 3.80. The minimum atomic E-state index is -0.522. The largest absolute Gasteiger partial charge is 0.494 e. The zero-order chi connectivity index (χ0) is 13.5. The summed E-state index contributed by atoms with van der Waals surface area (Å²) in [5.41, 5.74) is 6.43. The van der Waals surface area contributed by atoms with Gasteiger partial charge in [0.2, 0.25) is 0 Å². The van der Waals surface area contributed by atoms with E-state index >= 15 is 0 Å². The van der Waals surface area contributed by atoms with E-state index in [1.54, 1.807) is 6.92 Å². The summed E-state index contributed by atoms with van der Waals surface area (Å²) in [4.78, 5) is 11.1. The number of halogens is 1. The van der Waals surface area contributed by atoms with E-state index in [1.807, 2.05) is 0 Å². The molecule has 5 nitrogen and oxygen atoms in total. The Morgan fingerprint density at radius 3 is 2.83 bits per heavy atom. The fraction of sp³-hybridized carbons (Fsp3) is 0.417. The molecule has 0 bridgehead atoms. The molecule has 0 spiro atoms. The second-order valence-corrected chi connectivity index (χ2v) is 3.56. The molecule has 0 fully saturated rings. The maximum atomic E-state index is 13.3. The third-order valence-corrected chi connectivity index (χ3v) is 2.27. The lowest BCUT2D eigenvalue weighted by molar-refractivity contribution is -0.142. The predicted octanol–water partition coefficient (Wildman–Crippen LogP) is 1.78. The van der Waals surface area contributed by atoms with Gasteiger partial charge in [0.1, 0.15) is 0 Å². The Labute approximate surface area is 105 Å². The number of esters is 1. The van der Waals surface area contributed by atoms with Crippen LogP contribution < -0.4 is 15.8 Å². The van der Waals surface area contributed by atoms with Crippen molar-refractivity contribution in [2.24, 2.45) is 0 Å². The number of benzene rings is 1. The van der Waals surface area contributed by atoms with Gasteiger partial charge in [0.05, 0.1) is 31.5 Å². The monoisotopic (exact) mass is 256 g/mol. The van der Waals surface area contributed by atoms with Gasteiger partial charge in [-0.1, -0.05) is 0 Å². The molecule has 0 unspecified atom stereocenters. The molecule has 0 aliphatic carbocycles. The highest BCUT2D eigenvalue weighted by Crippen LogP contribution is 2.27. The Balaban J connectivity index is 2.59. The van der Waals surface area contributed by atoms with Crippen molar-refractivity contribution in [2.45, 2.75) is 13.3 Å². The Kier molecular flexibility index (Phi) is 5.23. The van der Waals surface area contributed by atoms with E-state index in [2.05, 4.69) is 5.32 Å². The molecule has 0 radical (unpaired) electrons. The summed E-state index contributed by atoms with van der Waals surface area (Å²) in [6.07, 6.45) is 0.215. The topological polar surface area (TPSA) is 73.6 Å². The highest BCUT2D eigenvalue weighted by Gasteiger charge is 2.08. The second-order valence-electron chi connectivity index (χ2n) is 3.56. The van der Waals surface area contributed by atoms with E-state index in [4.69, 9.17) is 15.2 Å². The average molecular weight is 256 g/mol. The van der Waals surface area contributed by atoms with Crippen molar-refractivity contribution < 1.29 is 18.7 Å². The lowest BCUT2D eigenvalue weighted by Crippen LogP contribution is -2.12. The molecule has 0 saturated heterocycles. The average Bonchev–Trinajstić information content (AvgIpc) is 2.32. The highest BCUT2D eigenvalue weighted by molar-refractivity contribution is 5.72. The molecule has 18 heavy (non-hydrogen) atoms. The van der Waals surface area contributed by atoms with E-state index in [0.29, 0.717) is 18.8 Å². The number of ether oxygens (including phenoxy) is 2. The number of nitrogen functional groups attached to an aromatic ring is 1. The van der Waals surface area contributed by atoms with Gasteiger partial charge in [-0.2, -0.15) is 0 Å². The number of nitrogens with one attached hydrogen (secondary N) is 1. The summed E-state index contributed by atoms with van der Waals surface area (Å²) in [6, 6.07) is 2.63. The fourth-order valence-electron chi connectivity index (χ4n) is 1.41. The molecule has 0 atom stereocenters. The molecule has 0 heterocycles. The van der Waals surface area contributed by atoms with Crippen LogP contribution >= 0.6 is 0 Å². The van der Waals surface area contributed by atoms with Crippen molar-refractivity contribution in [3.63, 3.8) is 0 Å². The summed E-state index contributed by atoms with van der Waals surface area (Å²) in [6.45, 7) is 2.46. The fourth-order valence-corrected chi connectivity index (χ4v) is 1.41. The molecule has 0 aliphatic heterocycles. The normalized spacial score (nSPS) is 9.94. The van der Waals surface area contributed by atoms with Crippen LogP contribution in [0.25, 0.3) is 0 Å². The van der Waals surface area contributed by atoms with Crippen LogP contribution in [0.2, 0.25) is 0 Å². The van der Waals surface area contributed by atoms with Gasteiger partial charge in [-0.3, -0.25) is 4.79 Å². The molecular formula is C12H17FN2O3. The molecule has 0 aromatic heterocycles. The van der Waals surface area contributed by atoms with Crippen molar-refractivity contribution >= 4 is 17.3 Å². The van der Waals surface area contributed by atoms with E-state index in [1.165, 1.54) is 19.2 Å². The van der Waals surface area contributed by atoms with E-state index in [9.17, 15) is 9.18 Å². The van der Waals surface area contributed by atoms with Gasteiger partial charge in [0, 0.05) is 18.7 Å². The molecule has 1 aromatic carbocycles. The van der Waals surface area contributed by atoms with Crippen molar-refractivity contribution in [3.05, 3.63) is 17.9 Å². The van der Waals surface area contributed by atoms with Crippen molar-refractivity contribution in [1.29, 1.82) is 0 Å². The molecule has 3 N–H and O–H groups in total. The summed E-state index contributed by atoms with van der Waals surface area (Å²) < 4.78 is 22.9. The zero-order valence-electron chi connectivity index (χ0n) is 10.5. The number of carbonyl (C=O) groups is 1. The van der Waals surface area contributed by atoms with Crippen LogP contribution in [0, 0.1) is 5.82 Å². The summed E-state index contributed by atoms with van der Waals surface area (Å²) in [5.74, 6) is -0.716. The van der Waals surface area contributed by atoms with Crippen LogP contribution in [0.5, 0.6) is 5.75 Å². The van der Waals surface area contributed by atoms with Crippen LogP contribution in [-0.2, 0) is 9.53 Å². The summed E-state index contributed by atoms with van der Waals surface area (Å²) in [7, 11) is 1.37.